The van der Waals surface area contributed by atoms with Crippen LogP contribution in [-0.2, 0) is 13.0 Å². The van der Waals surface area contributed by atoms with Crippen LogP contribution in [0, 0.1) is 0 Å². The number of carbonyl (C=O) groups is 1. The van der Waals surface area contributed by atoms with Gasteiger partial charge in [-0.25, -0.2) is 9.36 Å². The third-order valence-corrected chi connectivity index (χ3v) is 2.66. The third kappa shape index (κ3) is 3.03. The van der Waals surface area contributed by atoms with Gasteiger partial charge in [-0.2, -0.15) is 4.57 Å². The van der Waals surface area contributed by atoms with Gasteiger partial charge in [-0.3, -0.25) is 0 Å². The summed E-state index contributed by atoms with van der Waals surface area (Å²) < 4.78 is 3.69. The Bertz CT molecular complexity index is 488. The minimum atomic E-state index is 0.103. The van der Waals surface area contributed by atoms with Crippen molar-refractivity contribution in [3.63, 3.8) is 0 Å². The molecule has 0 amide bonds. The van der Waals surface area contributed by atoms with E-state index in [1.807, 2.05) is 53.6 Å². The Kier molecular flexibility index (Phi) is 3.70. The van der Waals surface area contributed by atoms with E-state index < -0.39 is 0 Å². The summed E-state index contributed by atoms with van der Waals surface area (Å²) in [5.41, 5.74) is 1.05. The molecule has 2 rings (SSSR count). The lowest BCUT2D eigenvalue weighted by atomic mass is 10.1. The first-order chi connectivity index (χ1) is 8.29. The minimum absolute atomic E-state index is 0.103. The SMILES string of the molecule is CCC[n+]1ccn(C(=O)Cc2ccccc2)c1. The number of rotatable bonds is 4. The van der Waals surface area contributed by atoms with E-state index in [9.17, 15) is 4.79 Å². The highest BCUT2D eigenvalue weighted by Crippen LogP contribution is 2.01. The molecule has 3 heteroatoms. The van der Waals surface area contributed by atoms with Gasteiger partial charge in [-0.1, -0.05) is 37.3 Å². The number of aryl methyl sites for hydroxylation is 1. The van der Waals surface area contributed by atoms with Crippen molar-refractivity contribution in [1.29, 1.82) is 0 Å². The van der Waals surface area contributed by atoms with Crippen LogP contribution in [-0.4, -0.2) is 10.5 Å². The van der Waals surface area contributed by atoms with Gasteiger partial charge < -0.3 is 0 Å². The molecule has 0 aliphatic rings. The van der Waals surface area contributed by atoms with Gasteiger partial charge in [-0.15, -0.1) is 0 Å². The molecule has 0 N–H and O–H groups in total. The number of aromatic nitrogens is 2. The molecule has 0 radical (unpaired) electrons. The van der Waals surface area contributed by atoms with Gasteiger partial charge in [-0.05, 0) is 12.0 Å². The molecule has 0 aliphatic carbocycles. The van der Waals surface area contributed by atoms with Gasteiger partial charge in [0, 0.05) is 0 Å². The Morgan fingerprint density at radius 1 is 1.29 bits per heavy atom. The number of imidazole rings is 1. The molecule has 0 bridgehead atoms. The van der Waals surface area contributed by atoms with E-state index in [1.165, 1.54) is 0 Å². The zero-order valence-corrected chi connectivity index (χ0v) is 10.0. The number of hydrogen-bond acceptors (Lipinski definition) is 1. The second kappa shape index (κ2) is 5.43. The van der Waals surface area contributed by atoms with E-state index in [-0.39, 0.29) is 5.91 Å². The Hall–Kier alpha value is -1.90. The van der Waals surface area contributed by atoms with E-state index in [4.69, 9.17) is 0 Å². The average Bonchev–Trinajstić information content (AvgIpc) is 2.79. The van der Waals surface area contributed by atoms with Gasteiger partial charge in [0.1, 0.15) is 12.4 Å². The maximum atomic E-state index is 12.0. The summed E-state index contributed by atoms with van der Waals surface area (Å²) in [6.45, 7) is 3.07. The standard InChI is InChI=1S/C14H17N2O/c1-2-8-15-9-10-16(12-15)14(17)11-13-6-4-3-5-7-13/h3-7,9-10,12H,2,8,11H2,1H3/q+1. The fraction of sp³-hybridized carbons (Fsp3) is 0.286. The Morgan fingerprint density at radius 3 is 2.76 bits per heavy atom. The molecule has 0 saturated heterocycles. The van der Waals surface area contributed by atoms with Crippen molar-refractivity contribution < 1.29 is 9.36 Å². The molecule has 1 heterocycles. The topological polar surface area (TPSA) is 25.9 Å². The maximum absolute atomic E-state index is 12.0. The highest BCUT2D eigenvalue weighted by atomic mass is 16.2. The summed E-state index contributed by atoms with van der Waals surface area (Å²) in [4.78, 5) is 12.0. The highest BCUT2D eigenvalue weighted by Gasteiger charge is 2.12. The summed E-state index contributed by atoms with van der Waals surface area (Å²) in [6.07, 6.45) is 7.13. The predicted molar refractivity (Wildman–Crippen MR) is 65.7 cm³/mol. The minimum Gasteiger partial charge on any atom is -0.246 e. The first-order valence-electron chi connectivity index (χ1n) is 5.93. The van der Waals surface area contributed by atoms with E-state index in [0.717, 1.165) is 18.5 Å². The molecule has 2 aromatic rings. The monoisotopic (exact) mass is 229 g/mol. The summed E-state index contributed by atoms with van der Waals surface area (Å²) >= 11 is 0. The maximum Gasteiger partial charge on any atom is 0.318 e. The van der Waals surface area contributed by atoms with Crippen molar-refractivity contribution in [2.45, 2.75) is 26.3 Å². The lowest BCUT2D eigenvalue weighted by molar-refractivity contribution is -0.696. The molecular weight excluding hydrogens is 212 g/mol. The molecule has 1 aromatic carbocycles. The molecule has 0 unspecified atom stereocenters. The van der Waals surface area contributed by atoms with E-state index >= 15 is 0 Å². The van der Waals surface area contributed by atoms with Crippen LogP contribution < -0.4 is 4.57 Å². The first kappa shape index (κ1) is 11.6. The molecule has 0 fully saturated rings. The van der Waals surface area contributed by atoms with Crippen molar-refractivity contribution in [3.8, 4) is 0 Å². The molecular formula is C14H17N2O+. The smallest absolute Gasteiger partial charge is 0.246 e. The molecule has 0 atom stereocenters. The zero-order valence-electron chi connectivity index (χ0n) is 10.0. The largest absolute Gasteiger partial charge is 0.318 e. The van der Waals surface area contributed by atoms with Crippen LogP contribution in [0.1, 0.15) is 23.7 Å². The van der Waals surface area contributed by atoms with Gasteiger partial charge in [0.2, 0.25) is 0 Å². The molecule has 88 valence electrons. The van der Waals surface area contributed by atoms with Gasteiger partial charge in [0.25, 0.3) is 6.33 Å². The molecule has 0 spiro atoms. The second-order valence-corrected chi connectivity index (χ2v) is 4.11. The van der Waals surface area contributed by atoms with Crippen LogP contribution in [0.3, 0.4) is 0 Å². The average molecular weight is 229 g/mol. The van der Waals surface area contributed by atoms with Crippen LogP contribution in [0.25, 0.3) is 0 Å². The van der Waals surface area contributed by atoms with Crippen LogP contribution in [0.15, 0.2) is 49.1 Å². The number of carbonyl (C=O) groups excluding carboxylic acids is 1. The summed E-state index contributed by atoms with van der Waals surface area (Å²) in [7, 11) is 0. The quantitative estimate of drug-likeness (QED) is 0.737. The van der Waals surface area contributed by atoms with Crippen LogP contribution in [0.4, 0.5) is 0 Å². The normalized spacial score (nSPS) is 10.4. The van der Waals surface area contributed by atoms with Crippen LogP contribution in [0.5, 0.6) is 0 Å². The Morgan fingerprint density at radius 2 is 2.06 bits per heavy atom. The number of nitrogens with zero attached hydrogens (tertiary/aromatic N) is 2. The lowest BCUT2D eigenvalue weighted by Crippen LogP contribution is -2.31. The fourth-order valence-electron chi connectivity index (χ4n) is 1.79. The van der Waals surface area contributed by atoms with Crippen LogP contribution >= 0.6 is 0 Å². The van der Waals surface area contributed by atoms with Crippen LogP contribution in [0.2, 0.25) is 0 Å². The van der Waals surface area contributed by atoms with Crippen molar-refractivity contribution in [2.24, 2.45) is 0 Å². The first-order valence-corrected chi connectivity index (χ1v) is 5.93. The van der Waals surface area contributed by atoms with E-state index in [0.29, 0.717) is 6.42 Å². The summed E-state index contributed by atoms with van der Waals surface area (Å²) in [5, 5.41) is 0. The molecule has 0 aliphatic heterocycles. The van der Waals surface area contributed by atoms with Crippen molar-refractivity contribution in [1.82, 2.24) is 4.57 Å². The molecule has 17 heavy (non-hydrogen) atoms. The van der Waals surface area contributed by atoms with E-state index in [2.05, 4.69) is 6.92 Å². The Balaban J connectivity index is 2.04. The molecule has 1 aromatic heterocycles. The summed E-state index contributed by atoms with van der Waals surface area (Å²) in [6, 6.07) is 9.81. The second-order valence-electron chi connectivity index (χ2n) is 4.11. The lowest BCUT2D eigenvalue weighted by Gasteiger charge is -1.96. The van der Waals surface area contributed by atoms with Crippen molar-refractivity contribution in [2.75, 3.05) is 0 Å². The Labute approximate surface area is 101 Å². The van der Waals surface area contributed by atoms with E-state index in [1.54, 1.807) is 4.57 Å². The van der Waals surface area contributed by atoms with Gasteiger partial charge in [0.15, 0.2) is 0 Å². The highest BCUT2D eigenvalue weighted by molar-refractivity contribution is 5.80. The third-order valence-electron chi connectivity index (χ3n) is 2.66. The number of hydrogen-bond donors (Lipinski definition) is 0. The fourth-order valence-corrected chi connectivity index (χ4v) is 1.79. The molecule has 3 nitrogen and oxygen atoms in total. The van der Waals surface area contributed by atoms with Crippen molar-refractivity contribution >= 4 is 5.91 Å². The molecule has 0 saturated carbocycles. The predicted octanol–water partition coefficient (Wildman–Crippen LogP) is 2.07. The zero-order chi connectivity index (χ0) is 12.1. The number of benzene rings is 1. The van der Waals surface area contributed by atoms with Gasteiger partial charge in [0.05, 0.1) is 13.0 Å². The summed E-state index contributed by atoms with van der Waals surface area (Å²) in [5.74, 6) is 0.103. The van der Waals surface area contributed by atoms with Gasteiger partial charge >= 0.3 is 5.91 Å². The van der Waals surface area contributed by atoms with Crippen molar-refractivity contribution in [3.05, 3.63) is 54.6 Å².